The molecule has 8 heavy (non-hydrogen) atoms. The van der Waals surface area contributed by atoms with Crippen LogP contribution >= 0.6 is 0 Å². The molecule has 0 rings (SSSR count). The van der Waals surface area contributed by atoms with Gasteiger partial charge in [-0.2, -0.15) is 0 Å². The smallest absolute Gasteiger partial charge is 0.696 e. The number of nitriles is 1. The average Bonchev–Trinajstić information content (AvgIpc) is 1.33. The molecule has 0 aromatic heterocycles. The molecule has 0 fully saturated rings. The molecule has 0 spiro atoms. The summed E-state index contributed by atoms with van der Waals surface area (Å²) in [6.45, 7) is 1.08. The molecule has 0 aliphatic heterocycles. The fraction of sp³-hybridized carbons (Fsp3) is 0.333. The van der Waals surface area contributed by atoms with Crippen molar-refractivity contribution in [1.82, 2.24) is 0 Å². The molecule has 0 saturated carbocycles. The van der Waals surface area contributed by atoms with Gasteiger partial charge in [-0.15, -0.1) is 0 Å². The predicted molar refractivity (Wildman–Crippen MR) is 26.3 cm³/mol. The fourth-order valence-electron chi connectivity index (χ4n) is 0. The summed E-state index contributed by atoms with van der Waals surface area (Å²) in [5.41, 5.74) is 0. The van der Waals surface area contributed by atoms with Gasteiger partial charge in [-0.05, 0) is 0 Å². The zero-order chi connectivity index (χ0) is 6.28. The molecule has 0 saturated heterocycles. The molecule has 0 aromatic rings. The summed E-state index contributed by atoms with van der Waals surface area (Å²) in [6.07, 6.45) is 0. The Morgan fingerprint density at radius 3 is 1.88 bits per heavy atom. The number of hydrogen-bond donors (Lipinski definition) is 1. The molecule has 3 nitrogen and oxygen atoms in total. The summed E-state index contributed by atoms with van der Waals surface area (Å²) in [4.78, 5) is 9.00. The minimum Gasteiger partial charge on any atom is -0.696 e. The van der Waals surface area contributed by atoms with Crippen LogP contribution in [0.25, 0.3) is 0 Å². The van der Waals surface area contributed by atoms with E-state index in [2.05, 4.69) is 12.6 Å². The number of nitrogens with zero attached hydrogens (tertiary/aromatic N) is 1. The maximum atomic E-state index is 9.00. The molecule has 0 aliphatic carbocycles. The Morgan fingerprint density at radius 2 is 1.88 bits per heavy atom. The van der Waals surface area contributed by atoms with Gasteiger partial charge in [0.25, 0.3) is 5.97 Å². The van der Waals surface area contributed by atoms with Crippen molar-refractivity contribution in [3.63, 3.8) is 0 Å². The van der Waals surface area contributed by atoms with Crippen LogP contribution in [0.5, 0.6) is 0 Å². The van der Waals surface area contributed by atoms with Gasteiger partial charge >= 0.3 is 51.4 Å². The van der Waals surface area contributed by atoms with Gasteiger partial charge in [-0.3, -0.25) is 4.79 Å². The Labute approximate surface area is 95.9 Å². The Balaban J connectivity index is -0.0000000575. The largest absolute Gasteiger partial charge is 1.00 e. The Morgan fingerprint density at radius 1 is 1.88 bits per heavy atom. The minimum atomic E-state index is -0.833. The third-order valence-corrected chi connectivity index (χ3v) is 0. The number of carboxylic acids is 1. The van der Waals surface area contributed by atoms with E-state index in [1.165, 1.54) is 5.40 Å². The number of carbonyl (C=O) groups is 1. The predicted octanol–water partition coefficient (Wildman–Crippen LogP) is -2.89. The van der Waals surface area contributed by atoms with Gasteiger partial charge in [-0.1, -0.05) is 5.40 Å². The Hall–Kier alpha value is 0.816. The van der Waals surface area contributed by atoms with E-state index in [0.717, 1.165) is 6.92 Å². The van der Waals surface area contributed by atoms with Crippen molar-refractivity contribution in [2.45, 2.75) is 6.92 Å². The first-order valence-electron chi connectivity index (χ1n) is 1.36. The summed E-state index contributed by atoms with van der Waals surface area (Å²) in [7, 11) is 0. The second kappa shape index (κ2) is 15.7. The first-order valence-corrected chi connectivity index (χ1v) is 1.76. The second-order valence-corrected chi connectivity index (χ2v) is 0.793. The molecule has 0 heterocycles. The van der Waals surface area contributed by atoms with Crippen LogP contribution in [0, 0.1) is 10.7 Å². The van der Waals surface area contributed by atoms with Crippen LogP contribution in [0.4, 0.5) is 0 Å². The molecule has 0 aliphatic rings. The Bertz CT molecular complexity index is 85.8. The van der Waals surface area contributed by atoms with Crippen molar-refractivity contribution in [2.75, 3.05) is 0 Å². The molecule has 40 valence electrons. The molecule has 0 radical (unpaired) electrons. The van der Waals surface area contributed by atoms with E-state index in [1.54, 1.807) is 0 Å². The van der Waals surface area contributed by atoms with E-state index in [9.17, 15) is 0 Å². The maximum Gasteiger partial charge on any atom is 1.00 e. The van der Waals surface area contributed by atoms with Crippen molar-refractivity contribution in [3.05, 3.63) is 0 Å². The molecule has 5 heteroatoms. The summed E-state index contributed by atoms with van der Waals surface area (Å²) in [6, 6.07) is 0. The van der Waals surface area contributed by atoms with E-state index in [1.807, 2.05) is 0 Å². The number of carboxylic acid groups (broad SMARTS) is 1. The van der Waals surface area contributed by atoms with Crippen molar-refractivity contribution >= 4 is 18.6 Å². The van der Waals surface area contributed by atoms with Crippen molar-refractivity contribution in [1.29, 1.82) is 5.26 Å². The van der Waals surface area contributed by atoms with E-state index in [-0.39, 0.29) is 51.4 Å². The Kier molecular flexibility index (Phi) is 31.2. The van der Waals surface area contributed by atoms with Gasteiger partial charge in [0.2, 0.25) is 0 Å². The van der Waals surface area contributed by atoms with Crippen molar-refractivity contribution in [2.24, 2.45) is 0 Å². The zero-order valence-electron chi connectivity index (χ0n) is 4.71. The molecule has 0 aromatic carbocycles. The third-order valence-electron chi connectivity index (χ3n) is 0. The van der Waals surface area contributed by atoms with Crippen LogP contribution < -0.4 is 51.4 Å². The SMILES string of the molecule is CC(=O)O.N#C[S-].[K+]. The van der Waals surface area contributed by atoms with Gasteiger partial charge in [-0.25, -0.2) is 5.26 Å². The number of hydrogen-bond acceptors (Lipinski definition) is 3. The van der Waals surface area contributed by atoms with E-state index >= 15 is 0 Å². The van der Waals surface area contributed by atoms with Gasteiger partial charge in [0.05, 0.1) is 0 Å². The standard InChI is InChI=1S/C2H4O2.CHNS.K/c1-2(3)4;2-1-3;/h1H3,(H,3,4);3H;/q;;+1/p-1. The fourth-order valence-corrected chi connectivity index (χ4v) is 0. The van der Waals surface area contributed by atoms with Gasteiger partial charge in [0, 0.05) is 6.92 Å². The number of rotatable bonds is 0. The minimum absolute atomic E-state index is 0. The van der Waals surface area contributed by atoms with Crippen LogP contribution in [-0.2, 0) is 17.4 Å². The second-order valence-electron chi connectivity index (χ2n) is 0.610. The van der Waals surface area contributed by atoms with Gasteiger partial charge in [0.1, 0.15) is 0 Å². The van der Waals surface area contributed by atoms with Crippen LogP contribution in [-0.4, -0.2) is 11.1 Å². The number of thiocyanates is 1. The van der Waals surface area contributed by atoms with E-state index in [0.29, 0.717) is 0 Å². The van der Waals surface area contributed by atoms with Crippen LogP contribution in [0.1, 0.15) is 6.92 Å². The van der Waals surface area contributed by atoms with Gasteiger partial charge in [0.15, 0.2) is 0 Å². The van der Waals surface area contributed by atoms with Crippen LogP contribution in [0.3, 0.4) is 0 Å². The first kappa shape index (κ1) is 15.9. The molecule has 0 atom stereocenters. The quantitative estimate of drug-likeness (QED) is 0.233. The third kappa shape index (κ3) is 346. The normalized spacial score (nSPS) is 4.00. The summed E-state index contributed by atoms with van der Waals surface area (Å²) < 4.78 is 0. The molecular weight excluding hydrogens is 153 g/mol. The van der Waals surface area contributed by atoms with E-state index in [4.69, 9.17) is 15.2 Å². The maximum absolute atomic E-state index is 9.00. The molecular formula is C3H4KNO2S. The number of aliphatic carboxylic acids is 1. The molecule has 0 bridgehead atoms. The summed E-state index contributed by atoms with van der Waals surface area (Å²) >= 11 is 3.70. The molecule has 1 N–H and O–H groups in total. The topological polar surface area (TPSA) is 61.1 Å². The molecule has 0 amide bonds. The van der Waals surface area contributed by atoms with E-state index < -0.39 is 5.97 Å². The van der Waals surface area contributed by atoms with Crippen molar-refractivity contribution in [3.8, 4) is 5.40 Å². The van der Waals surface area contributed by atoms with Crippen LogP contribution in [0.2, 0.25) is 0 Å². The summed E-state index contributed by atoms with van der Waals surface area (Å²) in [5, 5.41) is 15.9. The summed E-state index contributed by atoms with van der Waals surface area (Å²) in [5.74, 6) is -0.833. The zero-order valence-corrected chi connectivity index (χ0v) is 8.65. The average molecular weight is 157 g/mol. The molecule has 0 unspecified atom stereocenters. The van der Waals surface area contributed by atoms with Gasteiger partial charge < -0.3 is 17.7 Å². The first-order chi connectivity index (χ1) is 3.15. The van der Waals surface area contributed by atoms with Crippen LogP contribution in [0.15, 0.2) is 0 Å². The monoisotopic (exact) mass is 157 g/mol. The van der Waals surface area contributed by atoms with Crippen molar-refractivity contribution < 1.29 is 61.3 Å².